The van der Waals surface area contributed by atoms with Crippen LogP contribution in [0.5, 0.6) is 0 Å². The predicted octanol–water partition coefficient (Wildman–Crippen LogP) is 4.81. The lowest BCUT2D eigenvalue weighted by Gasteiger charge is -2.68. The van der Waals surface area contributed by atoms with Crippen LogP contribution in [0, 0.1) is 23.2 Å². The number of carbonyl (C=O) groups excluding carboxylic acids is 1. The lowest BCUT2D eigenvalue weighted by atomic mass is 9.35. The molecule has 5 rings (SSSR count). The number of carbonyl (C=O) groups is 1. The molecule has 21 heavy (non-hydrogen) atoms. The van der Waals surface area contributed by atoms with Gasteiger partial charge in [0.05, 0.1) is 0 Å². The number of Topliss-reactive ketones (excluding diaryl/α,β-unsaturated/α-hetero) is 1. The standard InChI is InChI=1S/C20H26O/c1-14-5-7-15(8-6-14)20-11-17(2)9-18(3,12-20)16(21)19(4,10-17)13-20/h5-8H,9-13H2,1-4H3/t17?,18-,19+,20?. The fourth-order valence-electron chi connectivity index (χ4n) is 6.96. The topological polar surface area (TPSA) is 17.1 Å². The highest BCUT2D eigenvalue weighted by molar-refractivity contribution is 5.92. The second-order valence-electron chi connectivity index (χ2n) is 9.29. The summed E-state index contributed by atoms with van der Waals surface area (Å²) in [7, 11) is 0. The van der Waals surface area contributed by atoms with E-state index >= 15 is 0 Å². The van der Waals surface area contributed by atoms with Crippen molar-refractivity contribution in [1.29, 1.82) is 0 Å². The molecule has 1 aromatic carbocycles. The van der Waals surface area contributed by atoms with Crippen molar-refractivity contribution in [2.45, 2.75) is 65.2 Å². The SMILES string of the molecule is Cc1ccc(C23CC4(C)C[C@@](C)(C2)C(=O)[C@](C)(C4)C3)cc1. The fraction of sp³-hybridized carbons (Fsp3) is 0.650. The second-order valence-corrected chi connectivity index (χ2v) is 9.29. The van der Waals surface area contributed by atoms with Gasteiger partial charge in [0.25, 0.3) is 0 Å². The lowest BCUT2D eigenvalue weighted by molar-refractivity contribution is -0.178. The minimum Gasteiger partial charge on any atom is -0.298 e. The van der Waals surface area contributed by atoms with E-state index in [2.05, 4.69) is 52.0 Å². The van der Waals surface area contributed by atoms with Crippen LogP contribution in [-0.4, -0.2) is 5.78 Å². The van der Waals surface area contributed by atoms with Gasteiger partial charge in [0, 0.05) is 10.8 Å². The molecule has 0 aromatic heterocycles. The Morgan fingerprint density at radius 2 is 1.33 bits per heavy atom. The Labute approximate surface area is 128 Å². The van der Waals surface area contributed by atoms with Gasteiger partial charge in [-0.05, 0) is 55.4 Å². The highest BCUT2D eigenvalue weighted by Gasteiger charge is 2.68. The molecule has 0 saturated heterocycles. The molecule has 0 N–H and O–H groups in total. The molecular formula is C20H26O. The summed E-state index contributed by atoms with van der Waals surface area (Å²) in [5.41, 5.74) is 3.19. The molecule has 1 aromatic rings. The summed E-state index contributed by atoms with van der Waals surface area (Å²) in [6.07, 6.45) is 5.59. The van der Waals surface area contributed by atoms with Gasteiger partial charge in [-0.1, -0.05) is 50.6 Å². The number of rotatable bonds is 1. The van der Waals surface area contributed by atoms with Crippen LogP contribution in [0.1, 0.15) is 64.0 Å². The summed E-state index contributed by atoms with van der Waals surface area (Å²) in [5, 5.41) is 0. The third kappa shape index (κ3) is 1.67. The van der Waals surface area contributed by atoms with Crippen molar-refractivity contribution in [3.63, 3.8) is 0 Å². The largest absolute Gasteiger partial charge is 0.298 e. The minimum absolute atomic E-state index is 0.0941. The second kappa shape index (κ2) is 3.62. The summed E-state index contributed by atoms with van der Waals surface area (Å²) in [6, 6.07) is 9.12. The zero-order valence-electron chi connectivity index (χ0n) is 13.8. The molecule has 0 amide bonds. The molecule has 4 bridgehead atoms. The molecule has 0 spiro atoms. The Kier molecular flexibility index (Phi) is 2.33. The maximum atomic E-state index is 13.0. The van der Waals surface area contributed by atoms with Gasteiger partial charge in [-0.2, -0.15) is 0 Å². The van der Waals surface area contributed by atoms with Crippen molar-refractivity contribution >= 4 is 5.78 Å². The fourth-order valence-corrected chi connectivity index (χ4v) is 6.96. The third-order valence-electron chi connectivity index (χ3n) is 6.62. The molecule has 112 valence electrons. The van der Waals surface area contributed by atoms with Crippen LogP contribution in [-0.2, 0) is 10.2 Å². The first-order valence-electron chi connectivity index (χ1n) is 8.31. The molecule has 4 aliphatic carbocycles. The van der Waals surface area contributed by atoms with Gasteiger partial charge in [-0.3, -0.25) is 4.79 Å². The van der Waals surface area contributed by atoms with E-state index in [0.717, 1.165) is 25.7 Å². The van der Waals surface area contributed by atoms with Crippen LogP contribution in [0.25, 0.3) is 0 Å². The van der Waals surface area contributed by atoms with Crippen LogP contribution in [0.2, 0.25) is 0 Å². The van der Waals surface area contributed by atoms with E-state index in [1.54, 1.807) is 0 Å². The van der Waals surface area contributed by atoms with Gasteiger partial charge in [0.2, 0.25) is 0 Å². The van der Waals surface area contributed by atoms with Gasteiger partial charge < -0.3 is 0 Å². The molecule has 4 atom stereocenters. The zero-order chi connectivity index (χ0) is 15.1. The lowest BCUT2D eigenvalue weighted by Crippen LogP contribution is -2.65. The van der Waals surface area contributed by atoms with E-state index in [0.29, 0.717) is 11.2 Å². The predicted molar refractivity (Wildman–Crippen MR) is 85.3 cm³/mol. The Balaban J connectivity index is 1.88. The van der Waals surface area contributed by atoms with E-state index in [9.17, 15) is 4.79 Å². The van der Waals surface area contributed by atoms with Crippen molar-refractivity contribution < 1.29 is 4.79 Å². The van der Waals surface area contributed by atoms with Gasteiger partial charge in [0.15, 0.2) is 0 Å². The maximum Gasteiger partial charge on any atom is 0.144 e. The molecule has 1 nitrogen and oxygen atoms in total. The summed E-state index contributed by atoms with van der Waals surface area (Å²) in [5.74, 6) is 0.551. The molecule has 2 unspecified atom stereocenters. The van der Waals surface area contributed by atoms with Crippen molar-refractivity contribution in [1.82, 2.24) is 0 Å². The minimum atomic E-state index is -0.0941. The number of aryl methyl sites for hydroxylation is 1. The first kappa shape index (κ1) is 13.5. The number of benzene rings is 1. The molecular weight excluding hydrogens is 256 g/mol. The number of ketones is 1. The van der Waals surface area contributed by atoms with Gasteiger partial charge in [0.1, 0.15) is 5.78 Å². The number of hydrogen-bond acceptors (Lipinski definition) is 1. The molecule has 0 aliphatic heterocycles. The molecule has 4 aliphatic rings. The van der Waals surface area contributed by atoms with Crippen LogP contribution >= 0.6 is 0 Å². The van der Waals surface area contributed by atoms with E-state index < -0.39 is 0 Å². The Hall–Kier alpha value is -1.11. The maximum absolute atomic E-state index is 13.0. The highest BCUT2D eigenvalue weighted by atomic mass is 16.1. The quantitative estimate of drug-likeness (QED) is 0.722. The molecule has 1 heteroatoms. The Morgan fingerprint density at radius 3 is 1.86 bits per heavy atom. The van der Waals surface area contributed by atoms with Crippen molar-refractivity contribution in [3.8, 4) is 0 Å². The van der Waals surface area contributed by atoms with E-state index in [4.69, 9.17) is 0 Å². The summed E-state index contributed by atoms with van der Waals surface area (Å²) < 4.78 is 0. The zero-order valence-corrected chi connectivity index (χ0v) is 13.8. The monoisotopic (exact) mass is 282 g/mol. The van der Waals surface area contributed by atoms with Crippen LogP contribution in [0.15, 0.2) is 24.3 Å². The smallest absolute Gasteiger partial charge is 0.144 e. The van der Waals surface area contributed by atoms with Crippen molar-refractivity contribution in [2.24, 2.45) is 16.2 Å². The molecule has 0 radical (unpaired) electrons. The van der Waals surface area contributed by atoms with Crippen LogP contribution in [0.4, 0.5) is 0 Å². The Bertz CT molecular complexity index is 602. The third-order valence-corrected chi connectivity index (χ3v) is 6.62. The summed E-state index contributed by atoms with van der Waals surface area (Å²) in [4.78, 5) is 13.0. The van der Waals surface area contributed by atoms with Crippen LogP contribution in [0.3, 0.4) is 0 Å². The first-order valence-corrected chi connectivity index (χ1v) is 8.31. The molecule has 4 fully saturated rings. The van der Waals surface area contributed by atoms with Crippen molar-refractivity contribution in [2.75, 3.05) is 0 Å². The number of hydrogen-bond donors (Lipinski definition) is 0. The first-order chi connectivity index (χ1) is 9.69. The summed E-state index contributed by atoms with van der Waals surface area (Å²) >= 11 is 0. The van der Waals surface area contributed by atoms with Gasteiger partial charge in [-0.25, -0.2) is 0 Å². The average Bonchev–Trinajstić information content (AvgIpc) is 2.34. The molecule has 0 heterocycles. The van der Waals surface area contributed by atoms with Crippen molar-refractivity contribution in [3.05, 3.63) is 35.4 Å². The van der Waals surface area contributed by atoms with E-state index in [-0.39, 0.29) is 16.2 Å². The highest BCUT2D eigenvalue weighted by Crippen LogP contribution is 2.72. The van der Waals surface area contributed by atoms with Crippen LogP contribution < -0.4 is 0 Å². The van der Waals surface area contributed by atoms with E-state index in [1.165, 1.54) is 17.5 Å². The van der Waals surface area contributed by atoms with Gasteiger partial charge in [-0.15, -0.1) is 0 Å². The van der Waals surface area contributed by atoms with Gasteiger partial charge >= 0.3 is 0 Å². The molecule has 4 saturated carbocycles. The van der Waals surface area contributed by atoms with E-state index in [1.807, 2.05) is 0 Å². The normalized spacial score (nSPS) is 47.9. The Morgan fingerprint density at radius 1 is 0.810 bits per heavy atom. The average molecular weight is 282 g/mol. The summed E-state index contributed by atoms with van der Waals surface area (Å²) in [6.45, 7) is 9.06.